The molecule has 2 aromatic carbocycles. The Balaban J connectivity index is 1.44. The molecule has 2 aliphatic rings. The quantitative estimate of drug-likeness (QED) is 0.694. The number of hydrogen-bond donors (Lipinski definition) is 2. The van der Waals surface area contributed by atoms with E-state index in [1.54, 1.807) is 6.07 Å². The van der Waals surface area contributed by atoms with Crippen LogP contribution in [-0.2, 0) is 17.7 Å². The van der Waals surface area contributed by atoms with Gasteiger partial charge in [-0.25, -0.2) is 4.79 Å². The van der Waals surface area contributed by atoms with Crippen LogP contribution in [0.1, 0.15) is 47.0 Å². The average molecular weight is 425 g/mol. The second-order valence-electron chi connectivity index (χ2n) is 9.15. The van der Waals surface area contributed by atoms with Gasteiger partial charge in [0.05, 0.1) is 23.8 Å². The van der Waals surface area contributed by atoms with Crippen LogP contribution in [0.4, 0.5) is 0 Å². The number of nitrogens with zero attached hydrogens (tertiary/aromatic N) is 2. The summed E-state index contributed by atoms with van der Waals surface area (Å²) in [4.78, 5) is 16.6. The molecular weight excluding hydrogens is 392 g/mol. The van der Waals surface area contributed by atoms with Gasteiger partial charge in [0, 0.05) is 39.1 Å². The smallest absolute Gasteiger partial charge is 0.338 e. The zero-order chi connectivity index (χ0) is 22.0. The number of carbonyl (C=O) groups excluding carboxylic acids is 1. The van der Waals surface area contributed by atoms with Crippen molar-refractivity contribution in [2.75, 3.05) is 32.8 Å². The van der Waals surface area contributed by atoms with E-state index in [-0.39, 0.29) is 18.7 Å². The molecule has 4 rings (SSSR count). The Bertz CT molecular complexity index is 919. The molecule has 166 valence electrons. The first-order valence-electron chi connectivity index (χ1n) is 11.0. The lowest BCUT2D eigenvalue weighted by molar-refractivity contribution is -0.0489. The molecule has 0 saturated carbocycles. The summed E-state index contributed by atoms with van der Waals surface area (Å²) < 4.78 is 5.29. The highest BCUT2D eigenvalue weighted by molar-refractivity contribution is 5.92. The summed E-state index contributed by atoms with van der Waals surface area (Å²) in [6.07, 6.45) is -0.179. The Morgan fingerprint density at radius 3 is 2.71 bits per heavy atom. The number of benzene rings is 2. The molecule has 2 aliphatic heterocycles. The number of aliphatic hydroxyl groups is 2. The summed E-state index contributed by atoms with van der Waals surface area (Å²) in [5.74, 6) is -0.294. The number of fused-ring (bicyclic) bond motifs is 1. The minimum absolute atomic E-state index is 0.0263. The monoisotopic (exact) mass is 424 g/mol. The molecule has 1 saturated heterocycles. The zero-order valence-electron chi connectivity index (χ0n) is 18.3. The molecule has 2 aromatic rings. The van der Waals surface area contributed by atoms with Gasteiger partial charge in [0.1, 0.15) is 6.10 Å². The molecule has 0 amide bonds. The van der Waals surface area contributed by atoms with Crippen LogP contribution in [0.25, 0.3) is 0 Å². The lowest BCUT2D eigenvalue weighted by Gasteiger charge is -2.49. The summed E-state index contributed by atoms with van der Waals surface area (Å²) in [6.45, 7) is 7.64. The highest BCUT2D eigenvalue weighted by atomic mass is 16.5. The average Bonchev–Trinajstić information content (AvgIpc) is 2.75. The van der Waals surface area contributed by atoms with Crippen molar-refractivity contribution in [3.63, 3.8) is 0 Å². The molecule has 6 nitrogen and oxygen atoms in total. The number of hydrogen-bond acceptors (Lipinski definition) is 6. The Kier molecular flexibility index (Phi) is 6.44. The van der Waals surface area contributed by atoms with E-state index in [1.165, 1.54) is 5.56 Å². The van der Waals surface area contributed by atoms with Crippen molar-refractivity contribution in [2.45, 2.75) is 44.6 Å². The topological polar surface area (TPSA) is 73.2 Å². The van der Waals surface area contributed by atoms with E-state index in [1.807, 2.05) is 37.3 Å². The third-order valence-corrected chi connectivity index (χ3v) is 6.55. The Morgan fingerprint density at radius 2 is 1.97 bits per heavy atom. The molecule has 2 N–H and O–H groups in total. The Hall–Kier alpha value is -2.25. The van der Waals surface area contributed by atoms with Gasteiger partial charge in [0.15, 0.2) is 0 Å². The van der Waals surface area contributed by atoms with Crippen molar-refractivity contribution in [1.29, 1.82) is 0 Å². The third kappa shape index (κ3) is 4.83. The first-order valence-corrected chi connectivity index (χ1v) is 11.0. The van der Waals surface area contributed by atoms with Gasteiger partial charge < -0.3 is 14.9 Å². The van der Waals surface area contributed by atoms with Crippen molar-refractivity contribution >= 4 is 5.97 Å². The molecule has 31 heavy (non-hydrogen) atoms. The molecular formula is C25H32N2O4. The van der Waals surface area contributed by atoms with Crippen molar-refractivity contribution < 1.29 is 19.7 Å². The van der Waals surface area contributed by atoms with Gasteiger partial charge in [-0.05, 0) is 36.6 Å². The summed E-state index contributed by atoms with van der Waals surface area (Å²) in [6, 6.07) is 15.9. The van der Waals surface area contributed by atoms with Gasteiger partial charge in [0.2, 0.25) is 0 Å². The van der Waals surface area contributed by atoms with Gasteiger partial charge in [-0.2, -0.15) is 0 Å². The lowest BCUT2D eigenvalue weighted by Crippen LogP contribution is -2.63. The third-order valence-electron chi connectivity index (χ3n) is 6.55. The van der Waals surface area contributed by atoms with E-state index in [0.717, 1.165) is 37.3 Å². The van der Waals surface area contributed by atoms with Gasteiger partial charge in [-0.3, -0.25) is 9.80 Å². The number of rotatable bonds is 6. The molecule has 6 heteroatoms. The highest BCUT2D eigenvalue weighted by Crippen LogP contribution is 2.28. The fourth-order valence-electron chi connectivity index (χ4n) is 4.73. The number of β-amino-alcohol motifs (C(OH)–C–C–N with tert-alkyl or cyclic N) is 1. The van der Waals surface area contributed by atoms with Crippen molar-refractivity contribution in [2.24, 2.45) is 0 Å². The van der Waals surface area contributed by atoms with Crippen molar-refractivity contribution in [1.82, 2.24) is 9.80 Å². The second kappa shape index (κ2) is 9.09. The Labute approximate surface area is 184 Å². The molecule has 3 atom stereocenters. The predicted molar refractivity (Wildman–Crippen MR) is 119 cm³/mol. The van der Waals surface area contributed by atoms with Crippen LogP contribution in [0.15, 0.2) is 48.5 Å². The van der Waals surface area contributed by atoms with Crippen LogP contribution in [-0.4, -0.2) is 70.4 Å². The largest absolute Gasteiger partial charge is 0.459 e. The van der Waals surface area contributed by atoms with Crippen molar-refractivity contribution in [3.05, 3.63) is 70.8 Å². The zero-order valence-corrected chi connectivity index (χ0v) is 18.3. The molecule has 1 fully saturated rings. The fraction of sp³-hybridized carbons (Fsp3) is 0.480. The summed E-state index contributed by atoms with van der Waals surface area (Å²) >= 11 is 0. The van der Waals surface area contributed by atoms with Gasteiger partial charge in [-0.1, -0.05) is 42.5 Å². The van der Waals surface area contributed by atoms with E-state index in [4.69, 9.17) is 4.74 Å². The molecule has 0 spiro atoms. The number of cyclic esters (lactones) is 1. The van der Waals surface area contributed by atoms with E-state index in [2.05, 4.69) is 28.9 Å². The van der Waals surface area contributed by atoms with Gasteiger partial charge in [0.25, 0.3) is 0 Å². The lowest BCUT2D eigenvalue weighted by atomic mass is 9.93. The fourth-order valence-corrected chi connectivity index (χ4v) is 4.73. The van der Waals surface area contributed by atoms with E-state index >= 15 is 0 Å². The maximum absolute atomic E-state index is 12.1. The maximum atomic E-state index is 12.1. The van der Waals surface area contributed by atoms with Crippen LogP contribution in [0.5, 0.6) is 0 Å². The normalized spacial score (nSPS) is 25.7. The van der Waals surface area contributed by atoms with Gasteiger partial charge >= 0.3 is 5.97 Å². The number of ether oxygens (including phenoxy) is 1. The van der Waals surface area contributed by atoms with Crippen LogP contribution < -0.4 is 0 Å². The Morgan fingerprint density at radius 1 is 1.19 bits per heavy atom. The van der Waals surface area contributed by atoms with Crippen LogP contribution in [0.3, 0.4) is 0 Å². The van der Waals surface area contributed by atoms with Gasteiger partial charge in [-0.15, -0.1) is 0 Å². The molecule has 2 heterocycles. The van der Waals surface area contributed by atoms with Crippen LogP contribution in [0.2, 0.25) is 0 Å². The summed E-state index contributed by atoms with van der Waals surface area (Å²) in [7, 11) is 0. The predicted octanol–water partition coefficient (Wildman–Crippen LogP) is 2.39. The summed E-state index contributed by atoms with van der Waals surface area (Å²) in [5, 5.41) is 21.2. The van der Waals surface area contributed by atoms with Crippen LogP contribution in [0, 0.1) is 0 Å². The molecule has 0 aromatic heterocycles. The summed E-state index contributed by atoms with van der Waals surface area (Å²) in [5.41, 5.74) is 3.15. The molecule has 2 unspecified atom stereocenters. The molecule has 0 aliphatic carbocycles. The minimum Gasteiger partial charge on any atom is -0.459 e. The van der Waals surface area contributed by atoms with E-state index in [9.17, 15) is 15.0 Å². The molecule has 0 bridgehead atoms. The van der Waals surface area contributed by atoms with E-state index < -0.39 is 11.6 Å². The number of aliphatic hydroxyl groups excluding tert-OH is 2. The maximum Gasteiger partial charge on any atom is 0.338 e. The number of carbonyl (C=O) groups is 1. The molecule has 0 radical (unpaired) electrons. The SMILES string of the molecule is C[C@H]1Cc2cc(C(O)CN3CCN(Cc4ccccc4)CC3(C)CO)ccc2C(=O)O1. The number of esters is 1. The standard InChI is InChI=1S/C25H32N2O4/c1-18-12-21-13-20(8-9-22(21)24(30)31-18)23(29)15-27-11-10-26(16-25(27,2)17-28)14-19-6-4-3-5-7-19/h3-9,13,18,23,28-29H,10-12,14-17H2,1-2H3/t18-,23?,25?/m0/s1. The first kappa shape index (κ1) is 22.0. The second-order valence-corrected chi connectivity index (χ2v) is 9.15. The highest BCUT2D eigenvalue weighted by Gasteiger charge is 2.38. The van der Waals surface area contributed by atoms with E-state index in [0.29, 0.717) is 18.5 Å². The minimum atomic E-state index is -0.690. The van der Waals surface area contributed by atoms with Crippen LogP contribution >= 0.6 is 0 Å². The number of piperazine rings is 1. The first-order chi connectivity index (χ1) is 14.9. The van der Waals surface area contributed by atoms with Crippen molar-refractivity contribution in [3.8, 4) is 0 Å².